The SMILES string of the molecule is CC(=O)Nc1ccc(-c2nnc(SCc3nnc(-c4ccc(Cl)cc4)o3)o2)cc1. The van der Waals surface area contributed by atoms with Gasteiger partial charge in [0, 0.05) is 28.8 Å². The molecule has 1 N–H and O–H groups in total. The van der Waals surface area contributed by atoms with Crippen molar-refractivity contribution in [3.05, 3.63) is 59.4 Å². The Hall–Kier alpha value is -3.17. The molecule has 10 heteroatoms. The number of nitrogens with zero attached hydrogens (tertiary/aromatic N) is 4. The molecule has 29 heavy (non-hydrogen) atoms. The Labute approximate surface area is 174 Å². The van der Waals surface area contributed by atoms with Crippen molar-refractivity contribution in [3.63, 3.8) is 0 Å². The molecule has 0 spiro atoms. The molecule has 2 aromatic heterocycles. The van der Waals surface area contributed by atoms with E-state index in [2.05, 4.69) is 25.7 Å². The van der Waals surface area contributed by atoms with Crippen LogP contribution in [-0.2, 0) is 10.5 Å². The van der Waals surface area contributed by atoms with E-state index < -0.39 is 0 Å². The largest absolute Gasteiger partial charge is 0.420 e. The molecule has 8 nitrogen and oxygen atoms in total. The van der Waals surface area contributed by atoms with Crippen molar-refractivity contribution in [2.75, 3.05) is 5.32 Å². The highest BCUT2D eigenvalue weighted by molar-refractivity contribution is 7.98. The van der Waals surface area contributed by atoms with Gasteiger partial charge in [-0.3, -0.25) is 4.79 Å². The summed E-state index contributed by atoms with van der Waals surface area (Å²) in [5.74, 6) is 1.51. The highest BCUT2D eigenvalue weighted by Crippen LogP contribution is 2.27. The molecule has 1 amide bonds. The van der Waals surface area contributed by atoms with Crippen LogP contribution in [0.15, 0.2) is 62.6 Å². The van der Waals surface area contributed by atoms with Crippen LogP contribution in [0.25, 0.3) is 22.9 Å². The Kier molecular flexibility index (Phi) is 5.59. The fraction of sp³-hybridized carbons (Fsp3) is 0.105. The Morgan fingerprint density at radius 1 is 0.931 bits per heavy atom. The van der Waals surface area contributed by atoms with Gasteiger partial charge in [-0.25, -0.2) is 0 Å². The van der Waals surface area contributed by atoms with E-state index in [0.717, 1.165) is 11.1 Å². The molecule has 0 fully saturated rings. The molecule has 0 aliphatic heterocycles. The van der Waals surface area contributed by atoms with Crippen LogP contribution in [0.5, 0.6) is 0 Å². The third-order valence-corrected chi connectivity index (χ3v) is 4.79. The van der Waals surface area contributed by atoms with Crippen LogP contribution in [0.2, 0.25) is 5.02 Å². The van der Waals surface area contributed by atoms with Gasteiger partial charge in [0.15, 0.2) is 0 Å². The highest BCUT2D eigenvalue weighted by atomic mass is 35.5. The number of aromatic nitrogens is 4. The van der Waals surface area contributed by atoms with Gasteiger partial charge in [-0.2, -0.15) is 0 Å². The lowest BCUT2D eigenvalue weighted by atomic mass is 10.2. The molecule has 0 atom stereocenters. The molecule has 0 saturated carbocycles. The first kappa shape index (κ1) is 19.2. The van der Waals surface area contributed by atoms with Gasteiger partial charge in [-0.15, -0.1) is 20.4 Å². The summed E-state index contributed by atoms with van der Waals surface area (Å²) < 4.78 is 11.3. The Bertz CT molecular complexity index is 1130. The first-order valence-corrected chi connectivity index (χ1v) is 9.86. The second-order valence-electron chi connectivity index (χ2n) is 5.93. The predicted octanol–water partition coefficient (Wildman–Crippen LogP) is 4.69. The number of benzene rings is 2. The molecular weight excluding hydrogens is 414 g/mol. The summed E-state index contributed by atoms with van der Waals surface area (Å²) in [6.45, 7) is 1.46. The third-order valence-electron chi connectivity index (χ3n) is 3.74. The van der Waals surface area contributed by atoms with Crippen molar-refractivity contribution >= 4 is 35.0 Å². The van der Waals surface area contributed by atoms with Gasteiger partial charge in [0.1, 0.15) is 0 Å². The van der Waals surface area contributed by atoms with Gasteiger partial charge in [0.25, 0.3) is 5.22 Å². The standard InChI is InChI=1S/C19H14ClN5O3S/c1-11(26)21-15-8-4-13(5-9-15)18-24-25-19(28-18)29-10-16-22-23-17(27-16)12-2-6-14(20)7-3-12/h2-9H,10H2,1H3,(H,21,26). The Morgan fingerprint density at radius 2 is 1.55 bits per heavy atom. The second-order valence-corrected chi connectivity index (χ2v) is 7.29. The van der Waals surface area contributed by atoms with Crippen LogP contribution >= 0.6 is 23.4 Å². The zero-order valence-electron chi connectivity index (χ0n) is 15.1. The minimum absolute atomic E-state index is 0.130. The fourth-order valence-electron chi connectivity index (χ4n) is 2.43. The number of hydrogen-bond donors (Lipinski definition) is 1. The third kappa shape index (κ3) is 4.82. The van der Waals surface area contributed by atoms with Crippen LogP contribution in [0.3, 0.4) is 0 Å². The summed E-state index contributed by atoms with van der Waals surface area (Å²) in [5.41, 5.74) is 2.24. The molecule has 4 aromatic rings. The van der Waals surface area contributed by atoms with E-state index in [-0.39, 0.29) is 5.91 Å². The number of anilines is 1. The summed E-state index contributed by atoms with van der Waals surface area (Å²) in [6, 6.07) is 14.3. The van der Waals surface area contributed by atoms with Crippen molar-refractivity contribution in [1.29, 1.82) is 0 Å². The minimum atomic E-state index is -0.130. The normalized spacial score (nSPS) is 10.8. The average molecular weight is 428 g/mol. The quantitative estimate of drug-likeness (QED) is 0.441. The number of rotatable bonds is 6. The second kappa shape index (κ2) is 8.46. The van der Waals surface area contributed by atoms with Gasteiger partial charge < -0.3 is 14.2 Å². The van der Waals surface area contributed by atoms with E-state index in [1.165, 1.54) is 18.7 Å². The predicted molar refractivity (Wildman–Crippen MR) is 108 cm³/mol. The molecule has 0 aliphatic carbocycles. The maximum atomic E-state index is 11.1. The van der Waals surface area contributed by atoms with Crippen LogP contribution in [0.4, 0.5) is 5.69 Å². The lowest BCUT2D eigenvalue weighted by Gasteiger charge is -2.01. The number of carbonyl (C=O) groups excluding carboxylic acids is 1. The van der Waals surface area contributed by atoms with E-state index in [1.807, 2.05) is 12.1 Å². The highest BCUT2D eigenvalue weighted by Gasteiger charge is 2.13. The lowest BCUT2D eigenvalue weighted by Crippen LogP contribution is -2.05. The van der Waals surface area contributed by atoms with Crippen molar-refractivity contribution in [2.24, 2.45) is 0 Å². The number of halogens is 1. The van der Waals surface area contributed by atoms with E-state index in [0.29, 0.717) is 39.4 Å². The van der Waals surface area contributed by atoms with Crippen LogP contribution in [-0.4, -0.2) is 26.3 Å². The average Bonchev–Trinajstić information content (AvgIpc) is 3.37. The van der Waals surface area contributed by atoms with E-state index >= 15 is 0 Å². The van der Waals surface area contributed by atoms with Gasteiger partial charge in [0.2, 0.25) is 23.6 Å². The van der Waals surface area contributed by atoms with Crippen molar-refractivity contribution in [2.45, 2.75) is 17.9 Å². The molecular formula is C19H14ClN5O3S. The maximum Gasteiger partial charge on any atom is 0.277 e. The number of amides is 1. The van der Waals surface area contributed by atoms with Gasteiger partial charge >= 0.3 is 0 Å². The Balaban J connectivity index is 1.38. The first-order valence-electron chi connectivity index (χ1n) is 8.49. The summed E-state index contributed by atoms with van der Waals surface area (Å²) in [5, 5.41) is 19.9. The monoisotopic (exact) mass is 427 g/mol. The fourth-order valence-corrected chi connectivity index (χ4v) is 3.15. The molecule has 0 unspecified atom stereocenters. The van der Waals surface area contributed by atoms with Gasteiger partial charge in [-0.05, 0) is 48.5 Å². The van der Waals surface area contributed by atoms with Crippen LogP contribution in [0.1, 0.15) is 12.8 Å². The van der Waals surface area contributed by atoms with Crippen molar-refractivity contribution in [1.82, 2.24) is 20.4 Å². The summed E-state index contributed by atoms with van der Waals surface area (Å²) >= 11 is 7.18. The van der Waals surface area contributed by atoms with Gasteiger partial charge in [0.05, 0.1) is 5.75 Å². The summed E-state index contributed by atoms with van der Waals surface area (Å²) in [7, 11) is 0. The number of hydrogen-bond acceptors (Lipinski definition) is 8. The number of carbonyl (C=O) groups is 1. The van der Waals surface area contributed by atoms with Gasteiger partial charge in [-0.1, -0.05) is 23.4 Å². The maximum absolute atomic E-state index is 11.1. The number of nitrogens with one attached hydrogen (secondary N) is 1. The van der Waals surface area contributed by atoms with E-state index in [1.54, 1.807) is 36.4 Å². The molecule has 0 bridgehead atoms. The molecule has 146 valence electrons. The zero-order chi connectivity index (χ0) is 20.2. The molecule has 2 heterocycles. The molecule has 4 rings (SSSR count). The Morgan fingerprint density at radius 3 is 2.24 bits per heavy atom. The molecule has 0 saturated heterocycles. The first-order chi connectivity index (χ1) is 14.1. The number of thioether (sulfide) groups is 1. The smallest absolute Gasteiger partial charge is 0.277 e. The summed E-state index contributed by atoms with van der Waals surface area (Å²) in [6.07, 6.45) is 0. The minimum Gasteiger partial charge on any atom is -0.420 e. The van der Waals surface area contributed by atoms with Crippen molar-refractivity contribution < 1.29 is 13.6 Å². The van der Waals surface area contributed by atoms with Crippen LogP contribution < -0.4 is 5.32 Å². The molecule has 0 aliphatic rings. The van der Waals surface area contributed by atoms with E-state index in [4.69, 9.17) is 20.4 Å². The van der Waals surface area contributed by atoms with Crippen molar-refractivity contribution in [3.8, 4) is 22.9 Å². The van der Waals surface area contributed by atoms with Crippen LogP contribution in [0, 0.1) is 0 Å². The lowest BCUT2D eigenvalue weighted by molar-refractivity contribution is -0.114. The molecule has 0 radical (unpaired) electrons. The van der Waals surface area contributed by atoms with E-state index in [9.17, 15) is 4.79 Å². The summed E-state index contributed by atoms with van der Waals surface area (Å²) in [4.78, 5) is 11.1. The topological polar surface area (TPSA) is 107 Å². The molecule has 2 aromatic carbocycles. The zero-order valence-corrected chi connectivity index (χ0v) is 16.7.